The second-order valence-corrected chi connectivity index (χ2v) is 3.60. The Morgan fingerprint density at radius 2 is 2.12 bits per heavy atom. The van der Waals surface area contributed by atoms with E-state index in [9.17, 15) is 13.6 Å². The van der Waals surface area contributed by atoms with Crippen molar-refractivity contribution in [3.05, 3.63) is 29.8 Å². The minimum atomic E-state index is -2.95. The zero-order chi connectivity index (χ0) is 11.5. The van der Waals surface area contributed by atoms with Gasteiger partial charge in [-0.05, 0) is 11.6 Å². The fourth-order valence-corrected chi connectivity index (χ4v) is 1.80. The summed E-state index contributed by atoms with van der Waals surface area (Å²) in [6.45, 7) is 1.40. The third-order valence-corrected chi connectivity index (χ3v) is 2.56. The summed E-state index contributed by atoms with van der Waals surface area (Å²) in [4.78, 5) is 12.5. The first-order chi connectivity index (χ1) is 7.70. The summed E-state index contributed by atoms with van der Waals surface area (Å²) in [5.41, 5.74) is 1.45. The maximum atomic E-state index is 12.4. The highest BCUT2D eigenvalue weighted by molar-refractivity contribution is 5.96. The van der Waals surface area contributed by atoms with Crippen LogP contribution in [0.4, 0.5) is 14.5 Å². The van der Waals surface area contributed by atoms with Crippen LogP contribution < -0.4 is 10.2 Å². The first-order valence-electron chi connectivity index (χ1n) is 5.08. The molecular formula is C11H12F2N2O. The van der Waals surface area contributed by atoms with Crippen LogP contribution in [0.25, 0.3) is 0 Å². The first kappa shape index (κ1) is 11.0. The molecule has 1 amide bonds. The molecule has 0 fully saturated rings. The molecule has 1 aliphatic rings. The molecule has 16 heavy (non-hydrogen) atoms. The number of nitrogens with one attached hydrogen (secondary N) is 1. The van der Waals surface area contributed by atoms with E-state index in [2.05, 4.69) is 5.32 Å². The highest BCUT2D eigenvalue weighted by Gasteiger charge is 2.26. The lowest BCUT2D eigenvalue weighted by atomic mass is 10.1. The molecule has 0 radical (unpaired) electrons. The number of para-hydroxylation sites is 1. The van der Waals surface area contributed by atoms with Gasteiger partial charge in [0.25, 0.3) is 5.91 Å². The van der Waals surface area contributed by atoms with Gasteiger partial charge in [0.15, 0.2) is 0 Å². The fourth-order valence-electron chi connectivity index (χ4n) is 1.80. The number of carbonyl (C=O) groups is 1. The molecule has 0 atom stereocenters. The molecule has 0 aromatic heterocycles. The Balaban J connectivity index is 2.36. The van der Waals surface area contributed by atoms with E-state index in [4.69, 9.17) is 0 Å². The Labute approximate surface area is 92.1 Å². The van der Waals surface area contributed by atoms with Crippen LogP contribution in [0.3, 0.4) is 0 Å². The number of halogens is 2. The summed E-state index contributed by atoms with van der Waals surface area (Å²) in [5.74, 6) is -1.13. The van der Waals surface area contributed by atoms with E-state index < -0.39 is 12.3 Å². The van der Waals surface area contributed by atoms with Crippen LogP contribution in [0.15, 0.2) is 24.3 Å². The number of carbonyl (C=O) groups excluding carboxylic acids is 1. The van der Waals surface area contributed by atoms with Gasteiger partial charge in [-0.25, -0.2) is 0 Å². The molecule has 1 aliphatic heterocycles. The van der Waals surface area contributed by atoms with E-state index in [1.54, 1.807) is 12.1 Å². The van der Waals surface area contributed by atoms with Gasteiger partial charge in [-0.1, -0.05) is 18.2 Å². The average Bonchev–Trinajstić information content (AvgIpc) is 2.50. The van der Waals surface area contributed by atoms with Crippen LogP contribution in [0.1, 0.15) is 5.56 Å². The molecule has 0 saturated carbocycles. The molecule has 0 unspecified atom stereocenters. The molecule has 86 valence electrons. The van der Waals surface area contributed by atoms with Crippen molar-refractivity contribution >= 4 is 11.6 Å². The highest BCUT2D eigenvalue weighted by Crippen LogP contribution is 2.23. The molecule has 0 spiro atoms. The van der Waals surface area contributed by atoms with Crippen LogP contribution in [0.2, 0.25) is 0 Å². The van der Waals surface area contributed by atoms with Crippen molar-refractivity contribution in [2.45, 2.75) is 13.0 Å². The molecule has 5 heteroatoms. The number of hydrogen-bond acceptors (Lipinski definition) is 2. The quantitative estimate of drug-likeness (QED) is 0.784. The number of anilines is 1. The van der Waals surface area contributed by atoms with Crippen molar-refractivity contribution < 1.29 is 13.6 Å². The fraction of sp³-hybridized carbons (Fsp3) is 0.364. The van der Waals surface area contributed by atoms with Crippen molar-refractivity contribution in [2.75, 3.05) is 18.0 Å². The van der Waals surface area contributed by atoms with Crippen molar-refractivity contribution in [1.82, 2.24) is 5.32 Å². The van der Waals surface area contributed by atoms with Gasteiger partial charge in [-0.3, -0.25) is 4.79 Å². The standard InChI is InChI=1S/C11H12F2N2O/c12-10(13)11(16)15-6-5-14-7-8-3-1-2-4-9(8)15/h1-4,10,14H,5-7H2. The Bertz CT molecular complexity index is 395. The Morgan fingerprint density at radius 3 is 2.88 bits per heavy atom. The Kier molecular flexibility index (Phi) is 3.14. The Hall–Kier alpha value is -1.49. The summed E-state index contributed by atoms with van der Waals surface area (Å²) in [5, 5.41) is 3.09. The second kappa shape index (κ2) is 4.57. The topological polar surface area (TPSA) is 32.3 Å². The lowest BCUT2D eigenvalue weighted by molar-refractivity contribution is -0.128. The monoisotopic (exact) mass is 226 g/mol. The lowest BCUT2D eigenvalue weighted by Crippen LogP contribution is -2.38. The number of fused-ring (bicyclic) bond motifs is 1. The normalized spacial score (nSPS) is 15.8. The zero-order valence-corrected chi connectivity index (χ0v) is 8.62. The van der Waals surface area contributed by atoms with Crippen molar-refractivity contribution in [3.8, 4) is 0 Å². The molecule has 2 rings (SSSR count). The van der Waals surface area contributed by atoms with Crippen LogP contribution in [-0.4, -0.2) is 25.4 Å². The molecule has 1 aromatic rings. The van der Waals surface area contributed by atoms with Gasteiger partial charge in [0.1, 0.15) is 0 Å². The lowest BCUT2D eigenvalue weighted by Gasteiger charge is -2.21. The summed E-state index contributed by atoms with van der Waals surface area (Å²) in [7, 11) is 0. The molecule has 0 bridgehead atoms. The molecule has 0 aliphatic carbocycles. The minimum Gasteiger partial charge on any atom is -0.311 e. The number of hydrogen-bond donors (Lipinski definition) is 1. The molecular weight excluding hydrogens is 214 g/mol. The largest absolute Gasteiger partial charge is 0.316 e. The van der Waals surface area contributed by atoms with E-state index in [1.165, 1.54) is 0 Å². The number of rotatable bonds is 1. The predicted molar refractivity (Wildman–Crippen MR) is 56.5 cm³/mol. The zero-order valence-electron chi connectivity index (χ0n) is 8.62. The molecule has 1 N–H and O–H groups in total. The van der Waals surface area contributed by atoms with Gasteiger partial charge >= 0.3 is 6.43 Å². The van der Waals surface area contributed by atoms with Crippen molar-refractivity contribution in [3.63, 3.8) is 0 Å². The van der Waals surface area contributed by atoms with E-state index in [1.807, 2.05) is 12.1 Å². The molecule has 1 heterocycles. The van der Waals surface area contributed by atoms with Crippen LogP contribution in [-0.2, 0) is 11.3 Å². The minimum absolute atomic E-state index is 0.278. The predicted octanol–water partition coefficient (Wildman–Crippen LogP) is 1.39. The summed E-state index contributed by atoms with van der Waals surface area (Å²) >= 11 is 0. The van der Waals surface area contributed by atoms with E-state index in [0.29, 0.717) is 18.8 Å². The van der Waals surface area contributed by atoms with Crippen LogP contribution in [0.5, 0.6) is 0 Å². The molecule has 3 nitrogen and oxygen atoms in total. The number of benzene rings is 1. The van der Waals surface area contributed by atoms with Gasteiger partial charge < -0.3 is 10.2 Å². The average molecular weight is 226 g/mol. The van der Waals surface area contributed by atoms with Gasteiger partial charge in [0.2, 0.25) is 0 Å². The van der Waals surface area contributed by atoms with Crippen molar-refractivity contribution in [1.29, 1.82) is 0 Å². The van der Waals surface area contributed by atoms with Crippen molar-refractivity contribution in [2.24, 2.45) is 0 Å². The van der Waals surface area contributed by atoms with E-state index >= 15 is 0 Å². The van der Waals surface area contributed by atoms with Crippen LogP contribution >= 0.6 is 0 Å². The summed E-state index contributed by atoms with van der Waals surface area (Å²) in [6, 6.07) is 7.11. The number of alkyl halides is 2. The first-order valence-corrected chi connectivity index (χ1v) is 5.08. The molecule has 0 saturated heterocycles. The second-order valence-electron chi connectivity index (χ2n) is 3.60. The van der Waals surface area contributed by atoms with E-state index in [-0.39, 0.29) is 6.54 Å². The maximum Gasteiger partial charge on any atom is 0.316 e. The van der Waals surface area contributed by atoms with Gasteiger partial charge in [-0.2, -0.15) is 8.78 Å². The van der Waals surface area contributed by atoms with Crippen LogP contribution in [0, 0.1) is 0 Å². The van der Waals surface area contributed by atoms with Gasteiger partial charge in [-0.15, -0.1) is 0 Å². The Morgan fingerprint density at radius 1 is 1.38 bits per heavy atom. The SMILES string of the molecule is O=C(C(F)F)N1CCNCc2ccccc21. The molecule has 1 aromatic carbocycles. The summed E-state index contributed by atoms with van der Waals surface area (Å²) < 4.78 is 24.9. The van der Waals surface area contributed by atoms with Gasteiger partial charge in [0, 0.05) is 25.3 Å². The smallest absolute Gasteiger partial charge is 0.311 e. The third-order valence-electron chi connectivity index (χ3n) is 2.56. The third kappa shape index (κ3) is 2.04. The maximum absolute atomic E-state index is 12.4. The highest BCUT2D eigenvalue weighted by atomic mass is 19.3. The van der Waals surface area contributed by atoms with Gasteiger partial charge in [0.05, 0.1) is 0 Å². The number of nitrogens with zero attached hydrogens (tertiary/aromatic N) is 1. The number of amides is 1. The van der Waals surface area contributed by atoms with E-state index in [0.717, 1.165) is 10.5 Å². The summed E-state index contributed by atoms with van der Waals surface area (Å²) in [6.07, 6.45) is -2.95.